The molecule has 0 aliphatic heterocycles. The zero-order chi connectivity index (χ0) is 20.1. The van der Waals surface area contributed by atoms with Crippen LogP contribution in [-0.4, -0.2) is 22.7 Å². The number of nitrogens with one attached hydrogen (secondary N) is 1. The molecule has 0 bridgehead atoms. The summed E-state index contributed by atoms with van der Waals surface area (Å²) in [5.74, 6) is 1.50. The van der Waals surface area contributed by atoms with E-state index in [0.29, 0.717) is 22.7 Å². The first-order valence-electron chi connectivity index (χ1n) is 9.01. The fourth-order valence-electron chi connectivity index (χ4n) is 2.68. The second-order valence-corrected chi connectivity index (χ2v) is 7.22. The standard InChI is InChI=1S/C21H22ClN3O3/c1-13(2)17-8-7-14(3)9-18(17)27-12-19(26)23-11-20-24-21(25-28-20)15-5-4-6-16(22)10-15/h4-10,13H,11-12H2,1-3H3,(H,23,26). The monoisotopic (exact) mass is 399 g/mol. The third-order valence-electron chi connectivity index (χ3n) is 4.14. The highest BCUT2D eigenvalue weighted by Crippen LogP contribution is 2.27. The van der Waals surface area contributed by atoms with Gasteiger partial charge in [-0.15, -0.1) is 0 Å². The first-order valence-corrected chi connectivity index (χ1v) is 9.38. The Morgan fingerprint density at radius 2 is 2.07 bits per heavy atom. The molecule has 2 aromatic carbocycles. The summed E-state index contributed by atoms with van der Waals surface area (Å²) in [6.45, 7) is 6.21. The summed E-state index contributed by atoms with van der Waals surface area (Å²) in [6.07, 6.45) is 0. The number of rotatable bonds is 7. The highest BCUT2D eigenvalue weighted by molar-refractivity contribution is 6.30. The fourth-order valence-corrected chi connectivity index (χ4v) is 2.87. The van der Waals surface area contributed by atoms with Gasteiger partial charge < -0.3 is 14.6 Å². The summed E-state index contributed by atoms with van der Waals surface area (Å²) in [5, 5.41) is 7.22. The van der Waals surface area contributed by atoms with E-state index in [-0.39, 0.29) is 19.1 Å². The van der Waals surface area contributed by atoms with E-state index >= 15 is 0 Å². The van der Waals surface area contributed by atoms with Gasteiger partial charge in [0.25, 0.3) is 5.91 Å². The van der Waals surface area contributed by atoms with Gasteiger partial charge in [0.2, 0.25) is 11.7 Å². The van der Waals surface area contributed by atoms with E-state index in [2.05, 4.69) is 29.3 Å². The van der Waals surface area contributed by atoms with Crippen LogP contribution in [0.3, 0.4) is 0 Å². The minimum atomic E-state index is -0.265. The van der Waals surface area contributed by atoms with E-state index < -0.39 is 0 Å². The largest absolute Gasteiger partial charge is 0.483 e. The maximum atomic E-state index is 12.1. The van der Waals surface area contributed by atoms with Gasteiger partial charge in [0, 0.05) is 10.6 Å². The molecule has 0 radical (unpaired) electrons. The molecule has 28 heavy (non-hydrogen) atoms. The lowest BCUT2D eigenvalue weighted by Gasteiger charge is -2.14. The Morgan fingerprint density at radius 1 is 1.25 bits per heavy atom. The summed E-state index contributed by atoms with van der Waals surface area (Å²) in [4.78, 5) is 16.4. The Bertz CT molecular complexity index is 969. The Hall–Kier alpha value is -2.86. The number of ether oxygens (including phenoxy) is 1. The van der Waals surface area contributed by atoms with Crippen molar-refractivity contribution >= 4 is 17.5 Å². The molecule has 0 aliphatic rings. The van der Waals surface area contributed by atoms with Crippen molar-refractivity contribution in [3.8, 4) is 17.1 Å². The smallest absolute Gasteiger partial charge is 0.258 e. The second-order valence-electron chi connectivity index (χ2n) is 6.78. The number of aryl methyl sites for hydroxylation is 1. The minimum absolute atomic E-state index is 0.0849. The van der Waals surface area contributed by atoms with Crippen LogP contribution in [0.1, 0.15) is 36.8 Å². The number of carbonyl (C=O) groups excluding carboxylic acids is 1. The van der Waals surface area contributed by atoms with Crippen LogP contribution in [0, 0.1) is 6.92 Å². The highest BCUT2D eigenvalue weighted by atomic mass is 35.5. The molecule has 0 fully saturated rings. The van der Waals surface area contributed by atoms with Crippen LogP contribution in [0.2, 0.25) is 5.02 Å². The molecule has 0 atom stereocenters. The molecule has 3 aromatic rings. The molecule has 1 heterocycles. The number of nitrogens with zero attached hydrogens (tertiary/aromatic N) is 2. The number of halogens is 1. The van der Waals surface area contributed by atoms with Gasteiger partial charge in [-0.1, -0.05) is 54.9 Å². The predicted molar refractivity (Wildman–Crippen MR) is 107 cm³/mol. The maximum Gasteiger partial charge on any atom is 0.258 e. The van der Waals surface area contributed by atoms with Gasteiger partial charge in [0.15, 0.2) is 6.61 Å². The summed E-state index contributed by atoms with van der Waals surface area (Å²) in [6, 6.07) is 13.2. The number of carbonyl (C=O) groups is 1. The summed E-state index contributed by atoms with van der Waals surface area (Å²) < 4.78 is 10.9. The predicted octanol–water partition coefficient (Wildman–Crippen LogP) is 4.52. The van der Waals surface area contributed by atoms with Crippen LogP contribution < -0.4 is 10.1 Å². The Balaban J connectivity index is 1.55. The molecule has 0 unspecified atom stereocenters. The van der Waals surface area contributed by atoms with E-state index in [0.717, 1.165) is 22.4 Å². The number of hydrogen-bond donors (Lipinski definition) is 1. The van der Waals surface area contributed by atoms with E-state index in [9.17, 15) is 4.79 Å². The molecule has 0 saturated heterocycles. The lowest BCUT2D eigenvalue weighted by Crippen LogP contribution is -2.28. The van der Waals surface area contributed by atoms with Gasteiger partial charge in [-0.25, -0.2) is 0 Å². The molecular weight excluding hydrogens is 378 g/mol. The molecule has 0 spiro atoms. The van der Waals surface area contributed by atoms with Gasteiger partial charge in [-0.05, 0) is 42.2 Å². The molecule has 0 aliphatic carbocycles. The van der Waals surface area contributed by atoms with Crippen LogP contribution in [-0.2, 0) is 11.3 Å². The van der Waals surface area contributed by atoms with Crippen molar-refractivity contribution < 1.29 is 14.1 Å². The van der Waals surface area contributed by atoms with Crippen LogP contribution >= 0.6 is 11.6 Å². The third kappa shape index (κ3) is 5.10. The number of benzene rings is 2. The molecular formula is C21H22ClN3O3. The maximum absolute atomic E-state index is 12.1. The van der Waals surface area contributed by atoms with Gasteiger partial charge >= 0.3 is 0 Å². The SMILES string of the molecule is Cc1ccc(C(C)C)c(OCC(=O)NCc2nc(-c3cccc(Cl)c3)no2)c1. The zero-order valence-corrected chi connectivity index (χ0v) is 16.8. The molecule has 7 heteroatoms. The van der Waals surface area contributed by atoms with Crippen molar-refractivity contribution in [1.29, 1.82) is 0 Å². The average Bonchev–Trinajstić information content (AvgIpc) is 3.13. The van der Waals surface area contributed by atoms with Gasteiger partial charge in [0.05, 0.1) is 6.54 Å². The number of amides is 1. The summed E-state index contributed by atoms with van der Waals surface area (Å²) in [5.41, 5.74) is 2.90. The lowest BCUT2D eigenvalue weighted by atomic mass is 10.0. The molecule has 1 N–H and O–H groups in total. The molecule has 1 amide bonds. The van der Waals surface area contributed by atoms with Crippen LogP contribution in [0.15, 0.2) is 47.0 Å². The first-order chi connectivity index (χ1) is 13.4. The normalized spacial score (nSPS) is 10.9. The minimum Gasteiger partial charge on any atom is -0.483 e. The topological polar surface area (TPSA) is 77.2 Å². The number of aromatic nitrogens is 2. The van der Waals surface area contributed by atoms with Crippen LogP contribution in [0.4, 0.5) is 0 Å². The van der Waals surface area contributed by atoms with Crippen molar-refractivity contribution in [2.24, 2.45) is 0 Å². The summed E-state index contributed by atoms with van der Waals surface area (Å²) in [7, 11) is 0. The first kappa shape index (κ1) is 19.9. The van der Waals surface area contributed by atoms with Crippen molar-refractivity contribution in [2.75, 3.05) is 6.61 Å². The Morgan fingerprint density at radius 3 is 2.82 bits per heavy atom. The molecule has 0 saturated carbocycles. The Kier molecular flexibility index (Phi) is 6.31. The van der Waals surface area contributed by atoms with E-state index in [1.165, 1.54) is 0 Å². The van der Waals surface area contributed by atoms with Gasteiger partial charge in [-0.2, -0.15) is 4.98 Å². The Labute approximate surface area is 168 Å². The van der Waals surface area contributed by atoms with E-state index in [1.54, 1.807) is 12.1 Å². The van der Waals surface area contributed by atoms with Crippen molar-refractivity contribution in [2.45, 2.75) is 33.2 Å². The molecule has 6 nitrogen and oxygen atoms in total. The third-order valence-corrected chi connectivity index (χ3v) is 4.37. The van der Waals surface area contributed by atoms with Crippen LogP contribution in [0.5, 0.6) is 5.75 Å². The van der Waals surface area contributed by atoms with Gasteiger partial charge in [-0.3, -0.25) is 4.79 Å². The molecule has 1 aromatic heterocycles. The fraction of sp³-hybridized carbons (Fsp3) is 0.286. The molecule has 3 rings (SSSR count). The lowest BCUT2D eigenvalue weighted by molar-refractivity contribution is -0.123. The summed E-state index contributed by atoms with van der Waals surface area (Å²) >= 11 is 5.97. The molecule has 146 valence electrons. The van der Waals surface area contributed by atoms with Crippen LogP contribution in [0.25, 0.3) is 11.4 Å². The zero-order valence-electron chi connectivity index (χ0n) is 16.0. The van der Waals surface area contributed by atoms with Crippen molar-refractivity contribution in [3.05, 3.63) is 64.5 Å². The quantitative estimate of drug-likeness (QED) is 0.632. The average molecular weight is 400 g/mol. The van der Waals surface area contributed by atoms with Crippen molar-refractivity contribution in [3.63, 3.8) is 0 Å². The highest BCUT2D eigenvalue weighted by Gasteiger charge is 2.12. The van der Waals surface area contributed by atoms with Crippen molar-refractivity contribution in [1.82, 2.24) is 15.5 Å². The number of hydrogen-bond acceptors (Lipinski definition) is 5. The second kappa shape index (κ2) is 8.89. The van der Waals surface area contributed by atoms with Gasteiger partial charge in [0.1, 0.15) is 5.75 Å². The van der Waals surface area contributed by atoms with E-state index in [4.69, 9.17) is 20.9 Å². The van der Waals surface area contributed by atoms with E-state index in [1.807, 2.05) is 37.3 Å².